The molecule has 0 spiro atoms. The summed E-state index contributed by atoms with van der Waals surface area (Å²) in [6, 6.07) is 1.65. The largest absolute Gasteiger partial charge is 0.481 e. The van der Waals surface area contributed by atoms with Crippen LogP contribution < -0.4 is 14.8 Å². The number of rotatable bonds is 5. The number of ether oxygens (including phenoxy) is 2. The summed E-state index contributed by atoms with van der Waals surface area (Å²) in [4.78, 5) is 8.55. The van der Waals surface area contributed by atoms with Gasteiger partial charge in [-0.05, 0) is 12.8 Å². The molecule has 0 saturated heterocycles. The highest BCUT2D eigenvalue weighted by Gasteiger charge is 2.33. The van der Waals surface area contributed by atoms with Gasteiger partial charge in [-0.15, -0.1) is 11.6 Å². The molecule has 1 saturated carbocycles. The van der Waals surface area contributed by atoms with Gasteiger partial charge in [0.25, 0.3) is 0 Å². The van der Waals surface area contributed by atoms with Crippen LogP contribution >= 0.6 is 11.6 Å². The molecule has 0 amide bonds. The molecule has 1 aliphatic carbocycles. The standard InChI is InChI=1S/C12H18ClN3O2/c1-17-9-7-10(18-2)15-11(14-9)16-12(8-13)5-3-4-6-12/h7H,3-6,8H2,1-2H3,(H,14,15,16). The van der Waals surface area contributed by atoms with Crippen molar-refractivity contribution < 1.29 is 9.47 Å². The maximum absolute atomic E-state index is 6.08. The van der Waals surface area contributed by atoms with E-state index < -0.39 is 0 Å². The van der Waals surface area contributed by atoms with E-state index in [2.05, 4.69) is 15.3 Å². The van der Waals surface area contributed by atoms with Crippen molar-refractivity contribution >= 4 is 17.5 Å². The third-order valence-electron chi connectivity index (χ3n) is 3.29. The molecule has 1 N–H and O–H groups in total. The Morgan fingerprint density at radius 1 is 1.22 bits per heavy atom. The third-order valence-corrected chi connectivity index (χ3v) is 3.80. The van der Waals surface area contributed by atoms with Gasteiger partial charge in [0.2, 0.25) is 17.7 Å². The van der Waals surface area contributed by atoms with Crippen LogP contribution in [-0.4, -0.2) is 35.6 Å². The lowest BCUT2D eigenvalue weighted by Crippen LogP contribution is -2.37. The molecule has 100 valence electrons. The molecule has 0 aliphatic heterocycles. The number of methoxy groups -OCH3 is 2. The zero-order valence-electron chi connectivity index (χ0n) is 10.7. The van der Waals surface area contributed by atoms with Crippen LogP contribution in [0.2, 0.25) is 0 Å². The van der Waals surface area contributed by atoms with Crippen LogP contribution in [0.1, 0.15) is 25.7 Å². The van der Waals surface area contributed by atoms with Gasteiger partial charge in [-0.2, -0.15) is 9.97 Å². The second-order valence-electron chi connectivity index (χ2n) is 4.52. The summed E-state index contributed by atoms with van der Waals surface area (Å²) >= 11 is 6.08. The molecule has 2 rings (SSSR count). The molecular formula is C12H18ClN3O2. The molecule has 0 atom stereocenters. The first-order chi connectivity index (χ1) is 8.71. The van der Waals surface area contributed by atoms with Crippen molar-refractivity contribution in [2.75, 3.05) is 25.4 Å². The first-order valence-electron chi connectivity index (χ1n) is 6.02. The highest BCUT2D eigenvalue weighted by molar-refractivity contribution is 6.18. The van der Waals surface area contributed by atoms with E-state index in [1.165, 1.54) is 12.8 Å². The molecule has 6 heteroatoms. The van der Waals surface area contributed by atoms with Gasteiger partial charge in [0.1, 0.15) is 0 Å². The highest BCUT2D eigenvalue weighted by Crippen LogP contribution is 2.34. The van der Waals surface area contributed by atoms with Gasteiger partial charge in [-0.1, -0.05) is 12.8 Å². The molecule has 0 aromatic carbocycles. The lowest BCUT2D eigenvalue weighted by atomic mass is 10.0. The SMILES string of the molecule is COc1cc(OC)nc(NC2(CCl)CCCC2)n1. The second kappa shape index (κ2) is 5.61. The minimum absolute atomic E-state index is 0.0983. The van der Waals surface area contributed by atoms with Crippen molar-refractivity contribution in [3.63, 3.8) is 0 Å². The van der Waals surface area contributed by atoms with Gasteiger partial charge in [0.15, 0.2) is 0 Å². The maximum atomic E-state index is 6.08. The van der Waals surface area contributed by atoms with Gasteiger partial charge in [-0.3, -0.25) is 0 Å². The molecule has 0 unspecified atom stereocenters. The van der Waals surface area contributed by atoms with Crippen LogP contribution in [-0.2, 0) is 0 Å². The summed E-state index contributed by atoms with van der Waals surface area (Å²) in [5, 5.41) is 3.34. The number of aromatic nitrogens is 2. The highest BCUT2D eigenvalue weighted by atomic mass is 35.5. The van der Waals surface area contributed by atoms with Crippen LogP contribution in [0, 0.1) is 0 Å². The summed E-state index contributed by atoms with van der Waals surface area (Å²) in [5.74, 6) is 2.02. The molecule has 1 aliphatic rings. The Kier molecular flexibility index (Phi) is 4.11. The van der Waals surface area contributed by atoms with E-state index in [-0.39, 0.29) is 5.54 Å². The number of nitrogens with zero attached hydrogens (tertiary/aromatic N) is 2. The van der Waals surface area contributed by atoms with Crippen LogP contribution in [0.25, 0.3) is 0 Å². The number of nitrogens with one attached hydrogen (secondary N) is 1. The van der Waals surface area contributed by atoms with Crippen molar-refractivity contribution in [1.29, 1.82) is 0 Å². The van der Waals surface area contributed by atoms with E-state index in [4.69, 9.17) is 21.1 Å². The van der Waals surface area contributed by atoms with E-state index in [1.807, 2.05) is 0 Å². The van der Waals surface area contributed by atoms with Crippen LogP contribution in [0.5, 0.6) is 11.8 Å². The van der Waals surface area contributed by atoms with Crippen LogP contribution in [0.3, 0.4) is 0 Å². The minimum atomic E-state index is -0.0983. The molecule has 1 fully saturated rings. The van der Waals surface area contributed by atoms with Crippen LogP contribution in [0.4, 0.5) is 5.95 Å². The quantitative estimate of drug-likeness (QED) is 0.834. The molecule has 5 nitrogen and oxygen atoms in total. The fourth-order valence-electron chi connectivity index (χ4n) is 2.25. The zero-order valence-corrected chi connectivity index (χ0v) is 11.5. The number of alkyl halides is 1. The van der Waals surface area contributed by atoms with Crippen molar-refractivity contribution in [1.82, 2.24) is 9.97 Å². The van der Waals surface area contributed by atoms with Crippen molar-refractivity contribution in [2.24, 2.45) is 0 Å². The molecule has 1 aromatic heterocycles. The lowest BCUT2D eigenvalue weighted by molar-refractivity contribution is 0.371. The Hall–Kier alpha value is -1.23. The molecule has 0 bridgehead atoms. The number of anilines is 1. The molecule has 0 radical (unpaired) electrons. The Morgan fingerprint density at radius 2 is 1.78 bits per heavy atom. The van der Waals surface area contributed by atoms with Gasteiger partial charge in [0.05, 0.1) is 25.8 Å². The first kappa shape index (κ1) is 13.2. The van der Waals surface area contributed by atoms with Gasteiger partial charge < -0.3 is 14.8 Å². The fraction of sp³-hybridized carbons (Fsp3) is 0.667. The Labute approximate surface area is 112 Å². The average Bonchev–Trinajstić information content (AvgIpc) is 2.87. The molecule has 18 heavy (non-hydrogen) atoms. The summed E-state index contributed by atoms with van der Waals surface area (Å²) in [6.07, 6.45) is 4.44. The number of hydrogen-bond donors (Lipinski definition) is 1. The zero-order chi connectivity index (χ0) is 13.0. The van der Waals surface area contributed by atoms with Crippen molar-refractivity contribution in [3.05, 3.63) is 6.07 Å². The van der Waals surface area contributed by atoms with Gasteiger partial charge >= 0.3 is 0 Å². The van der Waals surface area contributed by atoms with E-state index in [9.17, 15) is 0 Å². The third kappa shape index (κ3) is 2.77. The van der Waals surface area contributed by atoms with E-state index in [1.54, 1.807) is 20.3 Å². The second-order valence-corrected chi connectivity index (χ2v) is 4.79. The van der Waals surface area contributed by atoms with E-state index in [0.717, 1.165) is 12.8 Å². The number of hydrogen-bond acceptors (Lipinski definition) is 5. The summed E-state index contributed by atoms with van der Waals surface area (Å²) in [5.41, 5.74) is -0.0983. The van der Waals surface area contributed by atoms with E-state index in [0.29, 0.717) is 23.6 Å². The average molecular weight is 272 g/mol. The van der Waals surface area contributed by atoms with Gasteiger partial charge in [0, 0.05) is 5.88 Å². The Bertz CT molecular complexity index is 386. The Balaban J connectivity index is 2.21. The van der Waals surface area contributed by atoms with Crippen LogP contribution in [0.15, 0.2) is 6.07 Å². The maximum Gasteiger partial charge on any atom is 0.229 e. The monoisotopic (exact) mass is 271 g/mol. The van der Waals surface area contributed by atoms with Crippen molar-refractivity contribution in [3.8, 4) is 11.8 Å². The summed E-state index contributed by atoms with van der Waals surface area (Å²) in [6.45, 7) is 0. The number of halogens is 1. The summed E-state index contributed by atoms with van der Waals surface area (Å²) in [7, 11) is 3.14. The molecule has 1 aromatic rings. The molecule has 1 heterocycles. The van der Waals surface area contributed by atoms with Crippen molar-refractivity contribution in [2.45, 2.75) is 31.2 Å². The smallest absolute Gasteiger partial charge is 0.229 e. The van der Waals surface area contributed by atoms with Gasteiger partial charge in [-0.25, -0.2) is 0 Å². The molecular weight excluding hydrogens is 254 g/mol. The predicted octanol–water partition coefficient (Wildman–Crippen LogP) is 2.46. The predicted molar refractivity (Wildman–Crippen MR) is 70.7 cm³/mol. The lowest BCUT2D eigenvalue weighted by Gasteiger charge is -2.27. The summed E-state index contributed by atoms with van der Waals surface area (Å²) < 4.78 is 10.2. The topological polar surface area (TPSA) is 56.3 Å². The first-order valence-corrected chi connectivity index (χ1v) is 6.56. The Morgan fingerprint density at radius 3 is 2.22 bits per heavy atom. The normalized spacial score (nSPS) is 17.5. The van der Waals surface area contributed by atoms with E-state index >= 15 is 0 Å². The minimum Gasteiger partial charge on any atom is -0.481 e. The fourth-order valence-corrected chi connectivity index (χ4v) is 2.58.